The lowest BCUT2D eigenvalue weighted by Gasteiger charge is -2.21. The lowest BCUT2D eigenvalue weighted by atomic mass is 9.90. The Bertz CT molecular complexity index is 720. The summed E-state index contributed by atoms with van der Waals surface area (Å²) in [7, 11) is 0. The first-order valence-corrected chi connectivity index (χ1v) is 8.76. The van der Waals surface area contributed by atoms with Gasteiger partial charge in [-0.3, -0.25) is 4.79 Å². The zero-order valence-electron chi connectivity index (χ0n) is 16.5. The molecule has 0 spiro atoms. The summed E-state index contributed by atoms with van der Waals surface area (Å²) in [5.74, 6) is -0.244. The van der Waals surface area contributed by atoms with E-state index in [-0.39, 0.29) is 18.5 Å². The monoisotopic (exact) mass is 342 g/mol. The number of benzene rings is 2. The van der Waals surface area contributed by atoms with Crippen molar-refractivity contribution in [1.82, 2.24) is 0 Å². The van der Waals surface area contributed by atoms with E-state index in [1.54, 1.807) is 0 Å². The molecule has 3 heteroatoms. The van der Waals surface area contributed by atoms with Crippen LogP contribution in [0.5, 0.6) is 0 Å². The Morgan fingerprint density at radius 3 is 2.56 bits per heavy atom. The molecule has 25 heavy (non-hydrogen) atoms. The van der Waals surface area contributed by atoms with Gasteiger partial charge < -0.3 is 9.85 Å². The molecule has 0 bridgehead atoms. The summed E-state index contributed by atoms with van der Waals surface area (Å²) in [6.45, 7) is 7.92. The van der Waals surface area contributed by atoms with E-state index in [1.165, 1.54) is 5.56 Å². The van der Waals surface area contributed by atoms with Crippen LogP contribution in [0, 0.1) is 6.92 Å². The van der Waals surface area contributed by atoms with E-state index in [9.17, 15) is 4.79 Å². The average molecular weight is 342 g/mol. The second-order valence-corrected chi connectivity index (χ2v) is 7.43. The molecule has 0 unspecified atom stereocenters. The number of carbonyl (C=O) groups excluding carboxylic acids is 1. The molecule has 0 saturated carbocycles. The second-order valence-electron chi connectivity index (χ2n) is 7.43. The third kappa shape index (κ3) is 5.71. The Labute approximate surface area is 152 Å². The quantitative estimate of drug-likeness (QED) is 0.731. The fourth-order valence-corrected chi connectivity index (χ4v) is 2.85. The van der Waals surface area contributed by atoms with Crippen LogP contribution in [0.3, 0.4) is 0 Å². The number of ether oxygens (including phenoxy) is 1. The summed E-state index contributed by atoms with van der Waals surface area (Å²) in [5, 5.41) is 4.67. The zero-order valence-corrected chi connectivity index (χ0v) is 15.5. The lowest BCUT2D eigenvalue weighted by Crippen LogP contribution is -2.24. The number of rotatable bonds is 7. The predicted octanol–water partition coefficient (Wildman–Crippen LogP) is 4.86. The molecule has 0 fully saturated rings. The number of hydrogen-bond acceptors (Lipinski definition) is 3. The van der Waals surface area contributed by atoms with Gasteiger partial charge in [-0.25, -0.2) is 0 Å². The highest BCUT2D eigenvalue weighted by atomic mass is 16.6. The van der Waals surface area contributed by atoms with Crippen LogP contribution in [0.2, 0.25) is 0 Å². The molecular formula is C22H28O3. The van der Waals surface area contributed by atoms with E-state index in [2.05, 4.69) is 42.4 Å². The molecular weight excluding hydrogens is 312 g/mol. The van der Waals surface area contributed by atoms with Crippen molar-refractivity contribution in [3.8, 4) is 11.1 Å². The Kier molecular flexibility index (Phi) is 5.87. The van der Waals surface area contributed by atoms with Crippen molar-refractivity contribution in [1.29, 1.82) is 1.43 Å². The first kappa shape index (κ1) is 17.7. The minimum Gasteiger partial charge on any atom is -0.460 e. The molecule has 0 saturated heterocycles. The maximum absolute atomic E-state index is 12.0. The molecule has 0 aliphatic heterocycles. The maximum Gasteiger partial charge on any atom is 0.306 e. The number of hydrogen-bond donors (Lipinski definition) is 1. The van der Waals surface area contributed by atoms with Gasteiger partial charge in [-0.15, -0.1) is 0 Å². The normalized spacial score (nSPS) is 13.2. The van der Waals surface area contributed by atoms with Crippen molar-refractivity contribution in [2.24, 2.45) is 0 Å². The average Bonchev–Trinajstić information content (AvgIpc) is 2.58. The highest BCUT2D eigenvalue weighted by Crippen LogP contribution is 2.29. The van der Waals surface area contributed by atoms with Gasteiger partial charge in [0.2, 0.25) is 1.43 Å². The van der Waals surface area contributed by atoms with E-state index in [4.69, 9.17) is 6.17 Å². The number of aliphatic hydroxyl groups excluding tert-OH is 1. The van der Waals surface area contributed by atoms with Gasteiger partial charge in [-0.1, -0.05) is 48.5 Å². The molecule has 2 rings (SSSR count). The van der Waals surface area contributed by atoms with Gasteiger partial charge in [0.15, 0.2) is 0 Å². The van der Waals surface area contributed by atoms with Crippen LogP contribution < -0.4 is 0 Å². The van der Waals surface area contributed by atoms with Crippen molar-refractivity contribution in [2.75, 3.05) is 6.61 Å². The highest BCUT2D eigenvalue weighted by molar-refractivity contribution is 5.70. The predicted molar refractivity (Wildman–Crippen MR) is 102 cm³/mol. The third-order valence-corrected chi connectivity index (χ3v) is 4.14. The summed E-state index contributed by atoms with van der Waals surface area (Å²) in [5.41, 5.74) is 4.10. The van der Waals surface area contributed by atoms with Crippen molar-refractivity contribution in [3.63, 3.8) is 0 Å². The third-order valence-electron chi connectivity index (χ3n) is 4.14. The summed E-state index contributed by atoms with van der Waals surface area (Å²) in [4.78, 5) is 12.0. The smallest absolute Gasteiger partial charge is 0.306 e. The van der Waals surface area contributed by atoms with Gasteiger partial charge in [0.25, 0.3) is 0 Å². The van der Waals surface area contributed by atoms with Gasteiger partial charge in [-0.2, -0.15) is 0 Å². The minimum atomic E-state index is -0.483. The topological polar surface area (TPSA) is 46.5 Å². The minimum absolute atomic E-state index is 0.0249. The van der Waals surface area contributed by atoms with Crippen molar-refractivity contribution in [3.05, 3.63) is 59.7 Å². The largest absolute Gasteiger partial charge is 0.460 e. The number of esters is 1. The van der Waals surface area contributed by atoms with Crippen molar-refractivity contribution >= 4 is 5.97 Å². The molecule has 1 N–H and O–H groups in total. The Morgan fingerprint density at radius 1 is 1.20 bits per heavy atom. The molecule has 1 atom stereocenters. The van der Waals surface area contributed by atoms with Crippen LogP contribution in [0.4, 0.5) is 0 Å². The zero-order chi connectivity index (χ0) is 19.2. The molecule has 0 aliphatic carbocycles. The summed E-state index contributed by atoms with van der Waals surface area (Å²) in [6, 6.07) is 16.5. The second kappa shape index (κ2) is 8.30. The molecule has 0 aromatic heterocycles. The van der Waals surface area contributed by atoms with E-state index >= 15 is 0 Å². The van der Waals surface area contributed by atoms with Crippen molar-refractivity contribution < 1.29 is 14.6 Å². The fourth-order valence-electron chi connectivity index (χ4n) is 2.85. The number of aliphatic hydroxyl groups is 1. The van der Waals surface area contributed by atoms with Crippen LogP contribution in [0.15, 0.2) is 48.5 Å². The van der Waals surface area contributed by atoms with E-state index in [0.717, 1.165) is 16.7 Å². The molecule has 0 heterocycles. The van der Waals surface area contributed by atoms with E-state index in [0.29, 0.717) is 12.8 Å². The molecule has 0 radical (unpaired) electrons. The highest BCUT2D eigenvalue weighted by Gasteiger charge is 2.19. The summed E-state index contributed by atoms with van der Waals surface area (Å²) >= 11 is 0. The molecule has 3 nitrogen and oxygen atoms in total. The maximum atomic E-state index is 12.0. The Balaban J connectivity index is 2.18. The van der Waals surface area contributed by atoms with Crippen molar-refractivity contribution in [2.45, 2.75) is 52.1 Å². The summed E-state index contributed by atoms with van der Waals surface area (Å²) < 4.78 is 12.5. The Hall–Kier alpha value is -2.13. The molecule has 2 aromatic rings. The Morgan fingerprint density at radius 2 is 1.92 bits per heavy atom. The summed E-state index contributed by atoms with van der Waals surface area (Å²) in [6.07, 6.45) is 0.894. The van der Waals surface area contributed by atoms with Gasteiger partial charge >= 0.3 is 5.97 Å². The van der Waals surface area contributed by atoms with Crippen LogP contribution in [-0.4, -0.2) is 24.7 Å². The first-order valence-electron chi connectivity index (χ1n) is 9.17. The number of aryl methyl sites for hydroxylation is 1. The number of carbonyl (C=O) groups is 1. The standard InChI is InChI=1S/C22H28O3/c1-16-10-11-18(14-20(16)17-8-6-5-7-9-17)19(15-23)12-13-21(24)25-22(2,3)4/h5-11,14,19,23H,12-13,15H2,1-4H3/t19-/m1/s1/i23T. The van der Waals surface area contributed by atoms with E-state index in [1.807, 2.05) is 39.0 Å². The van der Waals surface area contributed by atoms with Gasteiger partial charge in [0.1, 0.15) is 5.60 Å². The lowest BCUT2D eigenvalue weighted by molar-refractivity contribution is -0.155. The van der Waals surface area contributed by atoms with Crippen LogP contribution in [0.1, 0.15) is 50.7 Å². The van der Waals surface area contributed by atoms with E-state index < -0.39 is 5.60 Å². The van der Waals surface area contributed by atoms with Crippen LogP contribution >= 0.6 is 0 Å². The SMILES string of the molecule is [3H]OC[C@@H](CCC(=O)OC(C)(C)C)c1ccc(C)c(-c2ccccc2)c1. The fraction of sp³-hybridized carbons (Fsp3) is 0.409. The molecule has 0 amide bonds. The molecule has 134 valence electrons. The van der Waals surface area contributed by atoms with Gasteiger partial charge in [0, 0.05) is 18.9 Å². The molecule has 0 aliphatic rings. The first-order chi connectivity index (χ1) is 12.3. The van der Waals surface area contributed by atoms with Crippen LogP contribution in [-0.2, 0) is 9.53 Å². The van der Waals surface area contributed by atoms with Gasteiger partial charge in [0.05, 0.1) is 0 Å². The molecule has 2 aromatic carbocycles. The van der Waals surface area contributed by atoms with Crippen LogP contribution in [0.25, 0.3) is 11.1 Å². The van der Waals surface area contributed by atoms with Gasteiger partial charge in [-0.05, 0) is 56.4 Å².